The number of hydrogen-bond acceptors (Lipinski definition) is 2. The third kappa shape index (κ3) is 3.18. The standard InChI is InChI=1S/C13H25NO/c1-10-5-3-4-6-13(10)14-12-7-8-15-11(2)9-12/h10-14H,3-9H2,1-2H3. The first-order valence-corrected chi connectivity index (χ1v) is 6.63. The lowest BCUT2D eigenvalue weighted by molar-refractivity contribution is 0.00877. The fourth-order valence-corrected chi connectivity index (χ4v) is 3.02. The van der Waals surface area contributed by atoms with E-state index in [1.165, 1.54) is 38.5 Å². The predicted octanol–water partition coefficient (Wildman–Crippen LogP) is 2.72. The molecule has 2 rings (SSSR count). The van der Waals surface area contributed by atoms with Crippen LogP contribution >= 0.6 is 0 Å². The third-order valence-corrected chi connectivity index (χ3v) is 4.05. The largest absolute Gasteiger partial charge is 0.378 e. The van der Waals surface area contributed by atoms with E-state index in [-0.39, 0.29) is 0 Å². The van der Waals surface area contributed by atoms with Gasteiger partial charge in [-0.3, -0.25) is 0 Å². The Bertz CT molecular complexity index is 195. The second-order valence-electron chi connectivity index (χ2n) is 5.44. The molecule has 0 aromatic carbocycles. The van der Waals surface area contributed by atoms with Crippen molar-refractivity contribution in [1.29, 1.82) is 0 Å². The topological polar surface area (TPSA) is 21.3 Å². The highest BCUT2D eigenvalue weighted by Crippen LogP contribution is 2.25. The van der Waals surface area contributed by atoms with E-state index >= 15 is 0 Å². The van der Waals surface area contributed by atoms with Gasteiger partial charge in [-0.25, -0.2) is 0 Å². The Morgan fingerprint density at radius 3 is 2.60 bits per heavy atom. The zero-order valence-corrected chi connectivity index (χ0v) is 10.2. The van der Waals surface area contributed by atoms with E-state index in [1.54, 1.807) is 0 Å². The number of nitrogens with one attached hydrogen (secondary N) is 1. The van der Waals surface area contributed by atoms with Crippen LogP contribution in [0.4, 0.5) is 0 Å². The second-order valence-corrected chi connectivity index (χ2v) is 5.44. The maximum atomic E-state index is 5.58. The van der Waals surface area contributed by atoms with Crippen LogP contribution in [0.3, 0.4) is 0 Å². The molecule has 1 aliphatic heterocycles. The van der Waals surface area contributed by atoms with Crippen LogP contribution in [0.25, 0.3) is 0 Å². The van der Waals surface area contributed by atoms with Crippen molar-refractivity contribution in [3.63, 3.8) is 0 Å². The van der Waals surface area contributed by atoms with Crippen LogP contribution in [0, 0.1) is 5.92 Å². The molecule has 0 radical (unpaired) electrons. The van der Waals surface area contributed by atoms with Gasteiger partial charge in [0.15, 0.2) is 0 Å². The molecule has 2 heteroatoms. The molecule has 2 aliphatic rings. The first kappa shape index (κ1) is 11.4. The Kier molecular flexibility index (Phi) is 4.04. The van der Waals surface area contributed by atoms with E-state index in [0.717, 1.165) is 18.6 Å². The summed E-state index contributed by atoms with van der Waals surface area (Å²) >= 11 is 0. The average Bonchev–Trinajstić information content (AvgIpc) is 2.22. The maximum absolute atomic E-state index is 5.58. The van der Waals surface area contributed by atoms with E-state index in [4.69, 9.17) is 4.74 Å². The number of ether oxygens (including phenoxy) is 1. The smallest absolute Gasteiger partial charge is 0.0561 e. The molecule has 2 fully saturated rings. The molecule has 0 amide bonds. The minimum atomic E-state index is 0.454. The van der Waals surface area contributed by atoms with Gasteiger partial charge in [-0.05, 0) is 38.5 Å². The lowest BCUT2D eigenvalue weighted by Gasteiger charge is -2.36. The molecule has 15 heavy (non-hydrogen) atoms. The summed E-state index contributed by atoms with van der Waals surface area (Å²) in [5, 5.41) is 3.86. The van der Waals surface area contributed by atoms with Crippen molar-refractivity contribution in [2.75, 3.05) is 6.61 Å². The van der Waals surface area contributed by atoms with Gasteiger partial charge in [0.1, 0.15) is 0 Å². The van der Waals surface area contributed by atoms with Crippen LogP contribution in [-0.4, -0.2) is 24.8 Å². The van der Waals surface area contributed by atoms with Gasteiger partial charge < -0.3 is 10.1 Å². The molecule has 1 heterocycles. The summed E-state index contributed by atoms with van der Waals surface area (Å²) in [5.74, 6) is 0.872. The van der Waals surface area contributed by atoms with Gasteiger partial charge in [-0.1, -0.05) is 19.8 Å². The summed E-state index contributed by atoms with van der Waals surface area (Å²) < 4.78 is 5.58. The third-order valence-electron chi connectivity index (χ3n) is 4.05. The van der Waals surface area contributed by atoms with Crippen LogP contribution in [0.2, 0.25) is 0 Å². The number of rotatable bonds is 2. The van der Waals surface area contributed by atoms with Gasteiger partial charge in [0.2, 0.25) is 0 Å². The van der Waals surface area contributed by atoms with Gasteiger partial charge in [0.25, 0.3) is 0 Å². The Morgan fingerprint density at radius 1 is 1.07 bits per heavy atom. The Hall–Kier alpha value is -0.0800. The highest BCUT2D eigenvalue weighted by molar-refractivity contribution is 4.84. The monoisotopic (exact) mass is 211 g/mol. The predicted molar refractivity (Wildman–Crippen MR) is 63.0 cm³/mol. The fraction of sp³-hybridized carbons (Fsp3) is 1.00. The van der Waals surface area contributed by atoms with Crippen molar-refractivity contribution in [3.8, 4) is 0 Å². The highest BCUT2D eigenvalue weighted by Gasteiger charge is 2.26. The van der Waals surface area contributed by atoms with E-state index in [2.05, 4.69) is 19.2 Å². The van der Waals surface area contributed by atoms with E-state index in [0.29, 0.717) is 12.1 Å². The molecule has 0 aromatic heterocycles. The van der Waals surface area contributed by atoms with Gasteiger partial charge in [-0.15, -0.1) is 0 Å². The van der Waals surface area contributed by atoms with Crippen LogP contribution in [0.5, 0.6) is 0 Å². The lowest BCUT2D eigenvalue weighted by Crippen LogP contribution is -2.47. The quantitative estimate of drug-likeness (QED) is 0.758. The van der Waals surface area contributed by atoms with Crippen LogP contribution in [0.15, 0.2) is 0 Å². The summed E-state index contributed by atoms with van der Waals surface area (Å²) in [6.45, 7) is 5.54. The first-order chi connectivity index (χ1) is 7.25. The van der Waals surface area contributed by atoms with Gasteiger partial charge in [0.05, 0.1) is 6.10 Å². The van der Waals surface area contributed by atoms with Gasteiger partial charge >= 0.3 is 0 Å². The maximum Gasteiger partial charge on any atom is 0.0561 e. The molecule has 0 spiro atoms. The minimum Gasteiger partial charge on any atom is -0.378 e. The fourth-order valence-electron chi connectivity index (χ4n) is 3.02. The second kappa shape index (κ2) is 5.31. The van der Waals surface area contributed by atoms with E-state index in [1.807, 2.05) is 0 Å². The molecular weight excluding hydrogens is 186 g/mol. The summed E-state index contributed by atoms with van der Waals surface area (Å²) in [6, 6.07) is 1.48. The first-order valence-electron chi connectivity index (χ1n) is 6.63. The number of hydrogen-bond donors (Lipinski definition) is 1. The Morgan fingerprint density at radius 2 is 1.87 bits per heavy atom. The molecule has 4 atom stereocenters. The molecule has 2 nitrogen and oxygen atoms in total. The van der Waals surface area contributed by atoms with Gasteiger partial charge in [-0.2, -0.15) is 0 Å². The van der Waals surface area contributed by atoms with E-state index < -0.39 is 0 Å². The molecular formula is C13H25NO. The molecule has 88 valence electrons. The normalized spacial score (nSPS) is 42.8. The molecule has 4 unspecified atom stereocenters. The highest BCUT2D eigenvalue weighted by atomic mass is 16.5. The summed E-state index contributed by atoms with van der Waals surface area (Å²) in [7, 11) is 0. The van der Waals surface area contributed by atoms with Crippen molar-refractivity contribution >= 4 is 0 Å². The lowest BCUT2D eigenvalue weighted by atomic mass is 9.85. The molecule has 0 aromatic rings. The summed E-state index contributed by atoms with van der Waals surface area (Å²) in [4.78, 5) is 0. The minimum absolute atomic E-state index is 0.454. The SMILES string of the molecule is CC1CC(NC2CCCCC2C)CCO1. The molecule has 1 aliphatic carbocycles. The molecule has 1 saturated heterocycles. The van der Waals surface area contributed by atoms with Crippen LogP contribution in [-0.2, 0) is 4.74 Å². The van der Waals surface area contributed by atoms with E-state index in [9.17, 15) is 0 Å². The zero-order valence-electron chi connectivity index (χ0n) is 10.2. The van der Waals surface area contributed by atoms with Crippen LogP contribution in [0.1, 0.15) is 52.4 Å². The van der Waals surface area contributed by atoms with Crippen molar-refractivity contribution in [2.45, 2.75) is 70.6 Å². The Labute approximate surface area is 93.8 Å². The molecule has 1 N–H and O–H groups in total. The van der Waals surface area contributed by atoms with Crippen molar-refractivity contribution < 1.29 is 4.74 Å². The molecule has 0 bridgehead atoms. The molecule has 1 saturated carbocycles. The van der Waals surface area contributed by atoms with Crippen molar-refractivity contribution in [1.82, 2.24) is 5.32 Å². The van der Waals surface area contributed by atoms with Crippen molar-refractivity contribution in [2.24, 2.45) is 5.92 Å². The summed E-state index contributed by atoms with van der Waals surface area (Å²) in [6.07, 6.45) is 8.50. The Balaban J connectivity index is 1.79. The van der Waals surface area contributed by atoms with Crippen molar-refractivity contribution in [3.05, 3.63) is 0 Å². The average molecular weight is 211 g/mol. The van der Waals surface area contributed by atoms with Crippen LogP contribution < -0.4 is 5.32 Å². The summed E-state index contributed by atoms with van der Waals surface area (Å²) in [5.41, 5.74) is 0. The zero-order chi connectivity index (χ0) is 10.7. The van der Waals surface area contributed by atoms with Gasteiger partial charge in [0, 0.05) is 18.7 Å².